The Morgan fingerprint density at radius 3 is 2.34 bits per heavy atom. The predicted molar refractivity (Wildman–Crippen MR) is 137 cm³/mol. The molecule has 0 amide bonds. The van der Waals surface area contributed by atoms with Crippen molar-refractivity contribution in [1.29, 1.82) is 0 Å². The highest BCUT2D eigenvalue weighted by Gasteiger charge is 2.20. The van der Waals surface area contributed by atoms with E-state index in [1.54, 1.807) is 19.4 Å². The molecule has 0 spiro atoms. The molecular formula is C26H29F2N3O3Si. The van der Waals surface area contributed by atoms with Gasteiger partial charge in [-0.05, 0) is 29.8 Å². The van der Waals surface area contributed by atoms with Crippen molar-refractivity contribution in [2.24, 2.45) is 0 Å². The van der Waals surface area contributed by atoms with Gasteiger partial charge in [0.05, 0.1) is 12.5 Å². The second-order valence-corrected chi connectivity index (χ2v) is 15.1. The van der Waals surface area contributed by atoms with Crippen LogP contribution in [0.15, 0.2) is 54.9 Å². The molecule has 0 saturated carbocycles. The number of ether oxygens (including phenoxy) is 3. The van der Waals surface area contributed by atoms with E-state index in [1.165, 1.54) is 0 Å². The van der Waals surface area contributed by atoms with E-state index < -0.39 is 25.5 Å². The van der Waals surface area contributed by atoms with Gasteiger partial charge in [0.25, 0.3) is 0 Å². The summed E-state index contributed by atoms with van der Waals surface area (Å²) in [5.41, 5.74) is 7.77. The van der Waals surface area contributed by atoms with E-state index in [0.29, 0.717) is 23.4 Å². The monoisotopic (exact) mass is 497 g/mol. The van der Waals surface area contributed by atoms with Gasteiger partial charge < -0.3 is 24.5 Å². The molecule has 0 aliphatic carbocycles. The molecule has 0 atom stereocenters. The molecule has 0 bridgehead atoms. The van der Waals surface area contributed by atoms with Gasteiger partial charge in [-0.1, -0.05) is 31.8 Å². The number of rotatable bonds is 9. The summed E-state index contributed by atoms with van der Waals surface area (Å²) in [7, 11) is 0.367. The number of nitrogens with two attached hydrogens (primary N) is 1. The summed E-state index contributed by atoms with van der Waals surface area (Å²) in [4.78, 5) is 4.53. The number of benzene rings is 2. The Balaban J connectivity index is 1.78. The number of nitrogens with zero attached hydrogens (tertiary/aromatic N) is 2. The third-order valence-corrected chi connectivity index (χ3v) is 7.28. The average molecular weight is 498 g/mol. The highest BCUT2D eigenvalue weighted by atomic mass is 28.3. The van der Waals surface area contributed by atoms with Crippen LogP contribution in [0.25, 0.3) is 22.2 Å². The highest BCUT2D eigenvalue weighted by molar-refractivity contribution is 6.76. The first-order chi connectivity index (χ1) is 16.7. The van der Waals surface area contributed by atoms with Crippen LogP contribution in [0.3, 0.4) is 0 Å². The lowest BCUT2D eigenvalue weighted by atomic mass is 10.1. The number of halogens is 2. The fourth-order valence-electron chi connectivity index (χ4n) is 3.69. The van der Waals surface area contributed by atoms with Gasteiger partial charge >= 0.3 is 0 Å². The summed E-state index contributed by atoms with van der Waals surface area (Å²) in [6.45, 7) is 7.82. The van der Waals surface area contributed by atoms with E-state index in [1.807, 2.05) is 35.0 Å². The molecule has 0 aliphatic rings. The molecule has 0 radical (unpaired) electrons. The maximum atomic E-state index is 14.5. The lowest BCUT2D eigenvalue weighted by molar-refractivity contribution is 0.0899. The molecular weight excluding hydrogens is 468 g/mol. The summed E-state index contributed by atoms with van der Waals surface area (Å²) in [5, 5.41) is 0.613. The first kappa shape index (κ1) is 24.7. The number of methoxy groups -OCH3 is 1. The Bertz CT molecular complexity index is 1310. The van der Waals surface area contributed by atoms with Crippen LogP contribution in [0.2, 0.25) is 25.7 Å². The lowest BCUT2D eigenvalue weighted by Crippen LogP contribution is -2.22. The third kappa shape index (κ3) is 5.63. The van der Waals surface area contributed by atoms with Crippen molar-refractivity contribution in [3.63, 3.8) is 0 Å². The number of nitrogen functional groups attached to an aromatic ring is 1. The summed E-state index contributed by atoms with van der Waals surface area (Å²) in [6, 6.07) is 12.2. The van der Waals surface area contributed by atoms with Gasteiger partial charge in [0.2, 0.25) is 0 Å². The summed E-state index contributed by atoms with van der Waals surface area (Å²) >= 11 is 0. The molecule has 4 aromatic rings. The van der Waals surface area contributed by atoms with Crippen molar-refractivity contribution in [2.75, 3.05) is 19.5 Å². The Morgan fingerprint density at radius 1 is 1.03 bits per heavy atom. The fraction of sp³-hybridized carbons (Fsp3) is 0.269. The minimum absolute atomic E-state index is 0.0206. The highest BCUT2D eigenvalue weighted by Crippen LogP contribution is 2.40. The normalized spacial score (nSPS) is 11.7. The van der Waals surface area contributed by atoms with Gasteiger partial charge in [-0.2, -0.15) is 0 Å². The van der Waals surface area contributed by atoms with Crippen molar-refractivity contribution in [2.45, 2.75) is 32.4 Å². The molecule has 9 heteroatoms. The van der Waals surface area contributed by atoms with Crippen molar-refractivity contribution in [1.82, 2.24) is 9.55 Å². The van der Waals surface area contributed by atoms with Gasteiger partial charge in [0, 0.05) is 50.5 Å². The molecule has 0 fully saturated rings. The minimum atomic E-state index is -1.23. The summed E-state index contributed by atoms with van der Waals surface area (Å²) in [6.07, 6.45) is 3.46. The van der Waals surface area contributed by atoms with E-state index in [2.05, 4.69) is 24.6 Å². The van der Waals surface area contributed by atoms with Crippen LogP contribution in [0.4, 0.5) is 14.5 Å². The number of anilines is 1. The standard InChI is InChI=1S/C26H29F2N3O3Si/c1-32-19-7-5-17(6-8-19)20-15-31(16-33-11-12-35(2,3)4)26-24(20)23(9-10-30-26)34-25-21(27)13-18(29)14-22(25)28/h5-10,13-15H,11-12,16,29H2,1-4H3. The number of aromatic nitrogens is 2. The van der Waals surface area contributed by atoms with Crippen molar-refractivity contribution >= 4 is 24.8 Å². The van der Waals surface area contributed by atoms with E-state index in [0.717, 1.165) is 29.3 Å². The van der Waals surface area contributed by atoms with E-state index in [-0.39, 0.29) is 18.2 Å². The van der Waals surface area contributed by atoms with Gasteiger partial charge in [-0.25, -0.2) is 13.8 Å². The number of pyridine rings is 1. The Kier molecular flexibility index (Phi) is 7.09. The lowest BCUT2D eigenvalue weighted by Gasteiger charge is -2.15. The largest absolute Gasteiger partial charge is 0.497 e. The van der Waals surface area contributed by atoms with Gasteiger partial charge in [-0.15, -0.1) is 0 Å². The van der Waals surface area contributed by atoms with Crippen LogP contribution in [0.1, 0.15) is 0 Å². The maximum absolute atomic E-state index is 14.5. The third-order valence-electron chi connectivity index (χ3n) is 5.58. The molecule has 0 unspecified atom stereocenters. The molecule has 0 saturated heterocycles. The second kappa shape index (κ2) is 10.0. The summed E-state index contributed by atoms with van der Waals surface area (Å²) in [5.74, 6) is -1.30. The van der Waals surface area contributed by atoms with Gasteiger partial charge in [-0.3, -0.25) is 0 Å². The zero-order valence-electron chi connectivity index (χ0n) is 20.3. The number of hydrogen-bond acceptors (Lipinski definition) is 5. The average Bonchev–Trinajstić information content (AvgIpc) is 3.18. The first-order valence-electron chi connectivity index (χ1n) is 11.3. The van der Waals surface area contributed by atoms with Crippen LogP contribution in [-0.4, -0.2) is 31.3 Å². The van der Waals surface area contributed by atoms with Crippen molar-refractivity contribution in [3.8, 4) is 28.4 Å². The minimum Gasteiger partial charge on any atom is -0.497 e. The molecule has 184 valence electrons. The fourth-order valence-corrected chi connectivity index (χ4v) is 4.44. The van der Waals surface area contributed by atoms with Crippen LogP contribution in [0.5, 0.6) is 17.2 Å². The molecule has 4 rings (SSSR count). The van der Waals surface area contributed by atoms with Crippen LogP contribution in [0, 0.1) is 11.6 Å². The number of hydrogen-bond donors (Lipinski definition) is 1. The zero-order valence-corrected chi connectivity index (χ0v) is 21.3. The molecule has 2 aromatic heterocycles. The smallest absolute Gasteiger partial charge is 0.198 e. The second-order valence-electron chi connectivity index (χ2n) is 9.51. The molecule has 2 heterocycles. The van der Waals surface area contributed by atoms with E-state index in [9.17, 15) is 8.78 Å². The Morgan fingerprint density at radius 2 is 1.71 bits per heavy atom. The molecule has 6 nitrogen and oxygen atoms in total. The van der Waals surface area contributed by atoms with Gasteiger partial charge in [0.15, 0.2) is 17.4 Å². The Hall–Kier alpha value is -3.43. The predicted octanol–water partition coefficient (Wildman–Crippen LogP) is 6.68. The van der Waals surface area contributed by atoms with Crippen molar-refractivity contribution in [3.05, 3.63) is 66.5 Å². The first-order valence-corrected chi connectivity index (χ1v) is 15.0. The topological polar surface area (TPSA) is 71.5 Å². The number of fused-ring (bicyclic) bond motifs is 1. The van der Waals surface area contributed by atoms with E-state index >= 15 is 0 Å². The van der Waals surface area contributed by atoms with Crippen molar-refractivity contribution < 1.29 is 23.0 Å². The summed E-state index contributed by atoms with van der Waals surface area (Å²) < 4.78 is 47.9. The van der Waals surface area contributed by atoms with Crippen LogP contribution >= 0.6 is 0 Å². The van der Waals surface area contributed by atoms with Crippen LogP contribution in [-0.2, 0) is 11.5 Å². The Labute approximate surface area is 204 Å². The zero-order chi connectivity index (χ0) is 25.2. The molecule has 2 aromatic carbocycles. The molecule has 35 heavy (non-hydrogen) atoms. The molecule has 0 aliphatic heterocycles. The van der Waals surface area contributed by atoms with Crippen LogP contribution < -0.4 is 15.2 Å². The van der Waals surface area contributed by atoms with E-state index in [4.69, 9.17) is 19.9 Å². The molecule has 2 N–H and O–H groups in total. The maximum Gasteiger partial charge on any atom is 0.198 e. The SMILES string of the molecule is COc1ccc(-c2cn(COCC[Si](C)(C)C)c3nccc(Oc4c(F)cc(N)cc4F)c23)cc1. The van der Waals surface area contributed by atoms with Gasteiger partial charge in [0.1, 0.15) is 23.9 Å². The quantitative estimate of drug-likeness (QED) is 0.159.